The summed E-state index contributed by atoms with van der Waals surface area (Å²) < 4.78 is 10.9. The first-order chi connectivity index (χ1) is 14.3. The van der Waals surface area contributed by atoms with Gasteiger partial charge in [-0.05, 0) is 38.1 Å². The van der Waals surface area contributed by atoms with Gasteiger partial charge >= 0.3 is 0 Å². The van der Waals surface area contributed by atoms with Crippen molar-refractivity contribution in [1.29, 1.82) is 0 Å². The Labute approximate surface area is 180 Å². The topological polar surface area (TPSA) is 97.3 Å². The summed E-state index contributed by atoms with van der Waals surface area (Å²) in [7, 11) is 0. The lowest BCUT2D eigenvalue weighted by Gasteiger charge is -2.20. The maximum Gasteiger partial charge on any atom is 0.277 e. The molecular weight excluding hydrogens is 402 g/mol. The van der Waals surface area contributed by atoms with Gasteiger partial charge in [-0.3, -0.25) is 10.1 Å². The van der Waals surface area contributed by atoms with Crippen molar-refractivity contribution in [3.8, 4) is 11.5 Å². The lowest BCUT2D eigenvalue weighted by atomic mass is 9.92. The van der Waals surface area contributed by atoms with Crippen molar-refractivity contribution in [2.45, 2.75) is 45.3 Å². The highest BCUT2D eigenvalue weighted by molar-refractivity contribution is 7.99. The Hall–Kier alpha value is -2.81. The van der Waals surface area contributed by atoms with Crippen LogP contribution in [0.2, 0.25) is 0 Å². The maximum atomic E-state index is 12.2. The smallest absolute Gasteiger partial charge is 0.277 e. The molecule has 3 rings (SSSR count). The second-order valence-electron chi connectivity index (χ2n) is 7.76. The van der Waals surface area contributed by atoms with Gasteiger partial charge in [0.15, 0.2) is 0 Å². The Kier molecular flexibility index (Phi) is 6.81. The number of carbonyl (C=O) groups excluding carboxylic acids is 1. The van der Waals surface area contributed by atoms with Gasteiger partial charge in [0.2, 0.25) is 17.7 Å². The summed E-state index contributed by atoms with van der Waals surface area (Å²) in [6, 6.07) is 9.72. The van der Waals surface area contributed by atoms with Crippen LogP contribution in [0.1, 0.15) is 40.3 Å². The molecule has 160 valence electrons. The van der Waals surface area contributed by atoms with E-state index in [1.54, 1.807) is 6.07 Å². The van der Waals surface area contributed by atoms with Gasteiger partial charge in [-0.15, -0.1) is 10.2 Å². The molecular formula is C21H27N5O3S. The molecule has 0 radical (unpaired) electrons. The largest absolute Gasteiger partial charge is 0.411 e. The molecule has 2 aromatic heterocycles. The summed E-state index contributed by atoms with van der Waals surface area (Å²) >= 11 is 1.17. The van der Waals surface area contributed by atoms with Gasteiger partial charge in [0, 0.05) is 35.8 Å². The molecule has 0 bridgehead atoms. The third-order valence-electron chi connectivity index (χ3n) is 4.52. The molecule has 1 aromatic carbocycles. The highest BCUT2D eigenvalue weighted by Crippen LogP contribution is 2.26. The van der Waals surface area contributed by atoms with E-state index in [4.69, 9.17) is 8.94 Å². The van der Waals surface area contributed by atoms with Gasteiger partial charge in [0.1, 0.15) is 0 Å². The van der Waals surface area contributed by atoms with Crippen molar-refractivity contribution in [2.24, 2.45) is 0 Å². The van der Waals surface area contributed by atoms with Crippen LogP contribution in [0.3, 0.4) is 0 Å². The number of amides is 1. The number of hydrogen-bond donors (Lipinski definition) is 1. The van der Waals surface area contributed by atoms with E-state index in [9.17, 15) is 4.79 Å². The Morgan fingerprint density at radius 2 is 1.83 bits per heavy atom. The number of anilines is 2. The van der Waals surface area contributed by atoms with Crippen molar-refractivity contribution >= 4 is 29.2 Å². The third-order valence-corrected chi connectivity index (χ3v) is 5.34. The van der Waals surface area contributed by atoms with E-state index in [1.165, 1.54) is 11.8 Å². The van der Waals surface area contributed by atoms with E-state index in [-0.39, 0.29) is 17.1 Å². The van der Waals surface area contributed by atoms with Crippen LogP contribution in [0.15, 0.2) is 44.5 Å². The van der Waals surface area contributed by atoms with Gasteiger partial charge in [-0.1, -0.05) is 37.7 Å². The van der Waals surface area contributed by atoms with Crippen LogP contribution >= 0.6 is 11.8 Å². The summed E-state index contributed by atoms with van der Waals surface area (Å²) in [4.78, 5) is 14.4. The molecule has 3 aromatic rings. The van der Waals surface area contributed by atoms with E-state index in [0.29, 0.717) is 17.0 Å². The van der Waals surface area contributed by atoms with E-state index in [2.05, 4.69) is 39.4 Å². The zero-order chi connectivity index (χ0) is 21.7. The lowest BCUT2D eigenvalue weighted by molar-refractivity contribution is -0.113. The highest BCUT2D eigenvalue weighted by atomic mass is 32.2. The summed E-state index contributed by atoms with van der Waals surface area (Å²) in [6.07, 6.45) is 0. The molecule has 0 saturated carbocycles. The van der Waals surface area contributed by atoms with Crippen LogP contribution in [0.4, 0.5) is 11.6 Å². The summed E-state index contributed by atoms with van der Waals surface area (Å²) in [5.41, 5.74) is 2.62. The molecule has 30 heavy (non-hydrogen) atoms. The molecule has 0 saturated heterocycles. The number of benzene rings is 1. The molecule has 0 atom stereocenters. The molecule has 0 unspecified atom stereocenters. The van der Waals surface area contributed by atoms with Gasteiger partial charge in [-0.25, -0.2) is 0 Å². The maximum absolute atomic E-state index is 12.2. The van der Waals surface area contributed by atoms with E-state index >= 15 is 0 Å². The second kappa shape index (κ2) is 9.34. The van der Waals surface area contributed by atoms with Crippen molar-refractivity contribution < 1.29 is 13.7 Å². The lowest BCUT2D eigenvalue weighted by Crippen LogP contribution is -2.21. The van der Waals surface area contributed by atoms with Crippen LogP contribution in [-0.4, -0.2) is 40.1 Å². The molecule has 2 heterocycles. The molecule has 0 aliphatic rings. The van der Waals surface area contributed by atoms with Crippen LogP contribution in [0.5, 0.6) is 0 Å². The second-order valence-corrected chi connectivity index (χ2v) is 8.68. The van der Waals surface area contributed by atoms with E-state index in [0.717, 1.165) is 30.0 Å². The summed E-state index contributed by atoms with van der Waals surface area (Å²) in [5.74, 6) is 0.632. The van der Waals surface area contributed by atoms with Gasteiger partial charge < -0.3 is 13.8 Å². The monoisotopic (exact) mass is 429 g/mol. The Morgan fingerprint density at radius 3 is 2.43 bits per heavy atom. The highest BCUT2D eigenvalue weighted by Gasteiger charge is 2.20. The minimum atomic E-state index is -0.236. The fourth-order valence-corrected chi connectivity index (χ4v) is 3.34. The molecule has 8 nitrogen and oxygen atoms in total. The van der Waals surface area contributed by atoms with E-state index < -0.39 is 0 Å². The predicted octanol–water partition coefficient (Wildman–Crippen LogP) is 4.60. The fourth-order valence-electron chi connectivity index (χ4n) is 2.78. The minimum absolute atomic E-state index is 0.119. The third kappa shape index (κ3) is 5.41. The normalized spacial score (nSPS) is 11.5. The van der Waals surface area contributed by atoms with Crippen LogP contribution in [0, 0.1) is 0 Å². The first-order valence-corrected chi connectivity index (χ1v) is 10.9. The Balaban J connectivity index is 1.55. The number of carbonyl (C=O) groups is 1. The number of thioether (sulfide) groups is 1. The molecule has 0 aliphatic carbocycles. The standard InChI is InChI=1S/C21H27N5O3S/c1-6-26(7-2)15-10-8-14(9-11-15)19-23-24-20(28-19)30-13-17(27)22-18-12-16(25-29-18)21(3,4)5/h8-12H,6-7,13H2,1-5H3,(H,22,27). The van der Waals surface area contributed by atoms with Gasteiger partial charge in [0.25, 0.3) is 5.22 Å². The van der Waals surface area contributed by atoms with Crippen LogP contribution in [0.25, 0.3) is 11.5 Å². The average molecular weight is 430 g/mol. The number of hydrogen-bond acceptors (Lipinski definition) is 8. The molecule has 9 heteroatoms. The van der Waals surface area contributed by atoms with E-state index in [1.807, 2.05) is 45.0 Å². The molecule has 0 spiro atoms. The van der Waals surface area contributed by atoms with Crippen LogP contribution in [-0.2, 0) is 10.2 Å². The quantitative estimate of drug-likeness (QED) is 0.519. The number of nitrogens with zero attached hydrogens (tertiary/aromatic N) is 4. The zero-order valence-corrected chi connectivity index (χ0v) is 18.7. The first kappa shape index (κ1) is 21.9. The predicted molar refractivity (Wildman–Crippen MR) is 118 cm³/mol. The minimum Gasteiger partial charge on any atom is -0.411 e. The average Bonchev–Trinajstić information content (AvgIpc) is 3.37. The summed E-state index contributed by atoms with van der Waals surface area (Å²) in [5, 5.41) is 15.1. The van der Waals surface area contributed by atoms with Crippen molar-refractivity contribution in [1.82, 2.24) is 15.4 Å². The SMILES string of the molecule is CCN(CC)c1ccc(-c2nnc(SCC(=O)Nc3cc(C(C)(C)C)no3)o2)cc1. The number of rotatable bonds is 8. The van der Waals surface area contributed by atoms with Gasteiger partial charge in [0.05, 0.1) is 11.4 Å². The zero-order valence-electron chi connectivity index (χ0n) is 17.9. The van der Waals surface area contributed by atoms with Crippen LogP contribution < -0.4 is 10.2 Å². The molecule has 0 aliphatic heterocycles. The Morgan fingerprint density at radius 1 is 1.13 bits per heavy atom. The van der Waals surface area contributed by atoms with Gasteiger partial charge in [-0.2, -0.15) is 0 Å². The molecule has 1 amide bonds. The number of nitrogens with one attached hydrogen (secondary N) is 1. The fraction of sp³-hybridized carbons (Fsp3) is 0.429. The molecule has 1 N–H and O–H groups in total. The first-order valence-electron chi connectivity index (χ1n) is 9.89. The summed E-state index contributed by atoms with van der Waals surface area (Å²) in [6.45, 7) is 12.2. The van der Waals surface area contributed by atoms with Crippen molar-refractivity contribution in [3.63, 3.8) is 0 Å². The number of aromatic nitrogens is 3. The Bertz CT molecular complexity index is 971. The van der Waals surface area contributed by atoms with Crippen molar-refractivity contribution in [2.75, 3.05) is 29.1 Å². The molecule has 0 fully saturated rings. The van der Waals surface area contributed by atoms with Crippen molar-refractivity contribution in [3.05, 3.63) is 36.0 Å².